The zero-order chi connectivity index (χ0) is 46.1. The van der Waals surface area contributed by atoms with Gasteiger partial charge in [-0.3, -0.25) is 14.4 Å². The Morgan fingerprint density at radius 2 is 0.631 bits per heavy atom. The zero-order valence-electron chi connectivity index (χ0n) is 39.8. The van der Waals surface area contributed by atoms with Gasteiger partial charge in [0.05, 0.1) is 119 Å². The van der Waals surface area contributed by atoms with Gasteiger partial charge < -0.3 is 47.4 Å². The van der Waals surface area contributed by atoms with E-state index in [1.54, 1.807) is 36.4 Å². The minimum absolute atomic E-state index is 0.0970. The van der Waals surface area contributed by atoms with Gasteiger partial charge in [0.2, 0.25) is 0 Å². The van der Waals surface area contributed by atoms with Crippen molar-refractivity contribution in [3.63, 3.8) is 0 Å². The second kappa shape index (κ2) is 40.1. The summed E-state index contributed by atoms with van der Waals surface area (Å²) in [7, 11) is 0. The highest BCUT2D eigenvalue weighted by atomic mass is 16.6. The summed E-state index contributed by atoms with van der Waals surface area (Å²) >= 11 is 0. The number of hydrogen-bond donors (Lipinski definition) is 0. The predicted octanol–water partition coefficient (Wildman–Crippen LogP) is 9.07. The van der Waals surface area contributed by atoms with Crippen LogP contribution in [0.15, 0.2) is 42.5 Å². The van der Waals surface area contributed by atoms with Crippen molar-refractivity contribution in [3.8, 4) is 0 Å². The lowest BCUT2D eigenvalue weighted by molar-refractivity contribution is -0.0264. The minimum Gasteiger partial charge on any atom is -0.379 e. The third-order valence-corrected chi connectivity index (χ3v) is 10.9. The van der Waals surface area contributed by atoms with E-state index >= 15 is 0 Å². The van der Waals surface area contributed by atoms with E-state index in [1.807, 2.05) is 0 Å². The molecule has 13 heteroatoms. The second-order valence-corrected chi connectivity index (χ2v) is 16.2. The molecule has 0 heterocycles. The third-order valence-electron chi connectivity index (χ3n) is 10.9. The van der Waals surface area contributed by atoms with Crippen LogP contribution in [0.4, 0.5) is 0 Å². The maximum atomic E-state index is 12.9. The summed E-state index contributed by atoms with van der Waals surface area (Å²) in [4.78, 5) is 38.5. The summed E-state index contributed by atoms with van der Waals surface area (Å²) in [5.41, 5.74) is 1.80. The first-order chi connectivity index (χ1) is 32.1. The van der Waals surface area contributed by atoms with E-state index < -0.39 is 0 Å². The Labute approximate surface area is 390 Å². The molecule has 0 saturated heterocycles. The second-order valence-electron chi connectivity index (χ2n) is 16.2. The number of Topliss-reactive ketones (excluding diaryl/α,β-unsaturated/α-hetero) is 1. The van der Waals surface area contributed by atoms with Gasteiger partial charge in [0.1, 0.15) is 0 Å². The van der Waals surface area contributed by atoms with Crippen molar-refractivity contribution in [1.82, 2.24) is 0 Å². The Kier molecular flexibility index (Phi) is 34.8. The summed E-state index contributed by atoms with van der Waals surface area (Å²) in [5.74, 6) is -0.529. The Morgan fingerprint density at radius 1 is 0.338 bits per heavy atom. The molecule has 0 saturated carbocycles. The molecule has 0 unspecified atom stereocenters. The van der Waals surface area contributed by atoms with Gasteiger partial charge in [-0.25, -0.2) is 0 Å². The van der Waals surface area contributed by atoms with E-state index in [1.165, 1.54) is 89.5 Å². The molecular weight excluding hydrogens is 833 g/mol. The van der Waals surface area contributed by atoms with Crippen molar-refractivity contribution in [3.05, 3.63) is 70.3 Å². The standard InChI is InChI=1S/C52H82O13/c1-2-3-4-5-6-7-8-9-10-11-12-13-14-17-24-56-26-28-58-30-32-60-34-36-62-38-40-64-42-43-65-41-39-63-37-35-61-33-31-59-29-27-57-25-18-21-50(53)45-22-23-48-49(44-45)52(55)47-20-16-15-19-46(47)51(48)54/h15-16,19-20,22-23,44H,2-14,17-18,21,24-43H2,1H3. The maximum Gasteiger partial charge on any atom is 0.194 e. The molecule has 368 valence electrons. The van der Waals surface area contributed by atoms with Crippen LogP contribution in [0.2, 0.25) is 0 Å². The van der Waals surface area contributed by atoms with Crippen molar-refractivity contribution in [1.29, 1.82) is 0 Å². The van der Waals surface area contributed by atoms with Crippen LogP contribution in [0, 0.1) is 0 Å². The number of benzene rings is 2. The van der Waals surface area contributed by atoms with Crippen molar-refractivity contribution >= 4 is 17.3 Å². The molecule has 65 heavy (non-hydrogen) atoms. The molecule has 3 rings (SSSR count). The molecule has 2 aromatic carbocycles. The van der Waals surface area contributed by atoms with Crippen LogP contribution in [0.25, 0.3) is 0 Å². The molecule has 0 fully saturated rings. The van der Waals surface area contributed by atoms with Gasteiger partial charge in [0.25, 0.3) is 0 Å². The van der Waals surface area contributed by atoms with E-state index in [4.69, 9.17) is 47.4 Å². The van der Waals surface area contributed by atoms with Crippen LogP contribution in [-0.2, 0) is 47.4 Å². The van der Waals surface area contributed by atoms with Crippen LogP contribution in [0.3, 0.4) is 0 Å². The SMILES string of the molecule is CCCCCCCCCCCCCCCCOCCOCCOCCOCCOCCOCCOCCOCCOCCOCCCC(=O)c1ccc2c(c1)C(=O)c1ccccc1C2=O. The highest BCUT2D eigenvalue weighted by molar-refractivity contribution is 6.28. The van der Waals surface area contributed by atoms with Gasteiger partial charge in [-0.1, -0.05) is 121 Å². The van der Waals surface area contributed by atoms with Crippen molar-refractivity contribution < 1.29 is 61.8 Å². The molecule has 0 aliphatic heterocycles. The first-order valence-electron chi connectivity index (χ1n) is 24.8. The molecule has 2 aromatic rings. The molecule has 13 nitrogen and oxygen atoms in total. The van der Waals surface area contributed by atoms with Crippen LogP contribution in [0.5, 0.6) is 0 Å². The summed E-state index contributed by atoms with van der Waals surface area (Å²) in [6, 6.07) is 11.5. The number of ketones is 3. The number of carbonyl (C=O) groups is 3. The van der Waals surface area contributed by atoms with Crippen molar-refractivity contribution in [2.45, 2.75) is 110 Å². The summed E-state index contributed by atoms with van der Waals surface area (Å²) in [6.45, 7) is 12.5. The quantitative estimate of drug-likeness (QED) is 0.0393. The lowest BCUT2D eigenvalue weighted by Gasteiger charge is -2.17. The average molecular weight is 915 g/mol. The Hall–Kier alpha value is -2.95. The molecule has 0 atom stereocenters. The van der Waals surface area contributed by atoms with E-state index in [0.717, 1.165) is 13.0 Å². The van der Waals surface area contributed by atoms with Crippen molar-refractivity contribution in [2.75, 3.05) is 132 Å². The average Bonchev–Trinajstić information content (AvgIpc) is 3.33. The van der Waals surface area contributed by atoms with Gasteiger partial charge in [0.15, 0.2) is 17.3 Å². The minimum atomic E-state index is -0.235. The highest BCUT2D eigenvalue weighted by Crippen LogP contribution is 2.28. The molecule has 0 aromatic heterocycles. The molecule has 0 amide bonds. The number of hydrogen-bond acceptors (Lipinski definition) is 13. The maximum absolute atomic E-state index is 12.9. The summed E-state index contributed by atoms with van der Waals surface area (Å²) in [5, 5.41) is 0. The van der Waals surface area contributed by atoms with Gasteiger partial charge in [-0.15, -0.1) is 0 Å². The molecule has 1 aliphatic carbocycles. The van der Waals surface area contributed by atoms with E-state index in [0.29, 0.717) is 154 Å². The first-order valence-corrected chi connectivity index (χ1v) is 24.8. The topological polar surface area (TPSA) is 144 Å². The molecular formula is C52H82O13. The molecule has 0 N–H and O–H groups in total. The van der Waals surface area contributed by atoms with E-state index in [9.17, 15) is 14.4 Å². The number of ether oxygens (including phenoxy) is 10. The Morgan fingerprint density at radius 3 is 1.00 bits per heavy atom. The van der Waals surface area contributed by atoms with Gasteiger partial charge in [-0.05, 0) is 25.0 Å². The van der Waals surface area contributed by atoms with Crippen LogP contribution < -0.4 is 0 Å². The van der Waals surface area contributed by atoms with Gasteiger partial charge in [0, 0.05) is 47.5 Å². The Balaban J connectivity index is 0.928. The number of fused-ring (bicyclic) bond motifs is 2. The van der Waals surface area contributed by atoms with Crippen LogP contribution >= 0.6 is 0 Å². The number of carbonyl (C=O) groups excluding carboxylic acids is 3. The summed E-state index contributed by atoms with van der Waals surface area (Å²) in [6.07, 6.45) is 20.0. The molecule has 1 aliphatic rings. The summed E-state index contributed by atoms with van der Waals surface area (Å²) < 4.78 is 55.6. The fraction of sp³-hybridized carbons (Fsp3) is 0.712. The third kappa shape index (κ3) is 27.5. The van der Waals surface area contributed by atoms with Crippen LogP contribution in [0.1, 0.15) is 152 Å². The fourth-order valence-electron chi connectivity index (χ4n) is 7.23. The van der Waals surface area contributed by atoms with E-state index in [2.05, 4.69) is 6.92 Å². The molecule has 0 bridgehead atoms. The smallest absolute Gasteiger partial charge is 0.194 e. The molecule has 0 radical (unpaired) electrons. The monoisotopic (exact) mass is 915 g/mol. The largest absolute Gasteiger partial charge is 0.379 e. The number of unbranched alkanes of at least 4 members (excludes halogenated alkanes) is 13. The Bertz CT molecular complexity index is 1500. The first kappa shape index (κ1) is 56.4. The van der Waals surface area contributed by atoms with E-state index in [-0.39, 0.29) is 29.3 Å². The molecule has 0 spiro atoms. The zero-order valence-corrected chi connectivity index (χ0v) is 39.8. The lowest BCUT2D eigenvalue weighted by Crippen LogP contribution is -2.21. The highest BCUT2D eigenvalue weighted by Gasteiger charge is 2.29. The van der Waals surface area contributed by atoms with Crippen LogP contribution in [-0.4, -0.2) is 149 Å². The lowest BCUT2D eigenvalue weighted by atomic mass is 9.83. The van der Waals surface area contributed by atoms with Gasteiger partial charge >= 0.3 is 0 Å². The number of rotatable bonds is 47. The normalized spacial score (nSPS) is 12.3. The fourth-order valence-corrected chi connectivity index (χ4v) is 7.23. The van der Waals surface area contributed by atoms with Crippen molar-refractivity contribution in [2.24, 2.45) is 0 Å². The predicted molar refractivity (Wildman–Crippen MR) is 252 cm³/mol. The van der Waals surface area contributed by atoms with Gasteiger partial charge in [-0.2, -0.15) is 0 Å².